The van der Waals surface area contributed by atoms with Crippen LogP contribution in [-0.2, 0) is 4.79 Å². The van der Waals surface area contributed by atoms with Gasteiger partial charge in [0.1, 0.15) is 17.6 Å². The Morgan fingerprint density at radius 1 is 1.05 bits per heavy atom. The lowest BCUT2D eigenvalue weighted by Gasteiger charge is -2.33. The number of ether oxygens (including phenoxy) is 1. The van der Waals surface area contributed by atoms with Gasteiger partial charge in [-0.25, -0.2) is 19.2 Å². The van der Waals surface area contributed by atoms with Gasteiger partial charge in [-0.2, -0.15) is 5.26 Å². The Hall–Kier alpha value is -4.23. The summed E-state index contributed by atoms with van der Waals surface area (Å²) in [6.45, 7) is 5.42. The number of amides is 2. The van der Waals surface area contributed by atoms with E-state index in [9.17, 15) is 14.0 Å². The Morgan fingerprint density at radius 2 is 1.71 bits per heavy atom. The van der Waals surface area contributed by atoms with Gasteiger partial charge < -0.3 is 19.9 Å². The Labute approximate surface area is 243 Å². The van der Waals surface area contributed by atoms with Gasteiger partial charge >= 0.3 is 6.09 Å². The first kappa shape index (κ1) is 29.7. The first-order valence-corrected chi connectivity index (χ1v) is 14.0. The van der Waals surface area contributed by atoms with Crippen molar-refractivity contribution in [2.75, 3.05) is 37.6 Å². The second-order valence-electron chi connectivity index (χ2n) is 9.84. The lowest BCUT2D eigenvalue weighted by atomic mass is 9.95. The van der Waals surface area contributed by atoms with Crippen molar-refractivity contribution in [3.63, 3.8) is 0 Å². The van der Waals surface area contributed by atoms with Gasteiger partial charge in [-0.3, -0.25) is 4.79 Å². The monoisotopic (exact) mass is 578 g/mol. The highest BCUT2D eigenvalue weighted by atomic mass is 35.5. The number of aromatic nitrogens is 2. The molecule has 1 aromatic heterocycles. The van der Waals surface area contributed by atoms with E-state index in [1.807, 2.05) is 23.1 Å². The minimum Gasteiger partial charge on any atom is -0.410 e. The van der Waals surface area contributed by atoms with Gasteiger partial charge in [-0.1, -0.05) is 23.7 Å². The van der Waals surface area contributed by atoms with E-state index in [1.54, 1.807) is 19.3 Å². The van der Waals surface area contributed by atoms with Crippen molar-refractivity contribution in [1.82, 2.24) is 20.2 Å². The molecule has 41 heavy (non-hydrogen) atoms. The summed E-state index contributed by atoms with van der Waals surface area (Å²) in [4.78, 5) is 36.5. The van der Waals surface area contributed by atoms with Crippen LogP contribution in [0.5, 0.6) is 5.75 Å². The number of anilines is 1. The molecular weight excluding hydrogens is 547 g/mol. The number of halogens is 2. The summed E-state index contributed by atoms with van der Waals surface area (Å²) in [5.41, 5.74) is 1.71. The predicted molar refractivity (Wildman–Crippen MR) is 153 cm³/mol. The van der Waals surface area contributed by atoms with Crippen LogP contribution in [0.4, 0.5) is 15.1 Å². The van der Waals surface area contributed by atoms with Crippen LogP contribution in [0.2, 0.25) is 5.02 Å². The number of nitrogens with one attached hydrogen (secondary N) is 1. The van der Waals surface area contributed by atoms with E-state index in [-0.39, 0.29) is 17.6 Å². The van der Waals surface area contributed by atoms with Gasteiger partial charge in [0.2, 0.25) is 11.9 Å². The van der Waals surface area contributed by atoms with E-state index < -0.39 is 6.09 Å². The lowest BCUT2D eigenvalue weighted by molar-refractivity contribution is -0.135. The molecule has 0 saturated carbocycles. The van der Waals surface area contributed by atoms with Gasteiger partial charge in [-0.05, 0) is 68.1 Å². The van der Waals surface area contributed by atoms with Gasteiger partial charge in [0.05, 0.1) is 18.0 Å². The standard InChI is InChI=1S/C21H22ClN5O.C9H10FNO2/c22-19-3-1-16(2-4-19)18-7-10-27(14-18)20(28)17-5-8-26(9-6-17)21-24-12-15(11-23)13-25-21;1-2-11-9(12)13-8-5-3-7(10)4-6-8/h1-4,12-13,17-18H,5-10,14H2;3-6H,2H2,1H3,(H,11,12)/t18-;/m0./s1. The summed E-state index contributed by atoms with van der Waals surface area (Å²) in [5, 5.41) is 12.0. The van der Waals surface area contributed by atoms with Gasteiger partial charge in [0.15, 0.2) is 0 Å². The number of benzene rings is 2. The fourth-order valence-corrected chi connectivity index (χ4v) is 5.01. The maximum atomic E-state index is 13.0. The third-order valence-electron chi connectivity index (χ3n) is 7.08. The SMILES string of the molecule is CCNC(=O)Oc1ccc(F)cc1.N#Cc1cnc(N2CCC(C(=O)N3CC[C@H](c4ccc(Cl)cc4)C3)CC2)nc1. The molecule has 0 spiro atoms. The first-order valence-electron chi connectivity index (χ1n) is 13.6. The molecule has 2 aliphatic rings. The summed E-state index contributed by atoms with van der Waals surface area (Å²) in [7, 11) is 0. The molecule has 2 aromatic carbocycles. The largest absolute Gasteiger partial charge is 0.412 e. The highest BCUT2D eigenvalue weighted by Crippen LogP contribution is 2.31. The van der Waals surface area contributed by atoms with E-state index in [2.05, 4.69) is 32.3 Å². The number of nitriles is 1. The number of nitrogens with zero attached hydrogens (tertiary/aromatic N) is 5. The van der Waals surface area contributed by atoms with Crippen molar-refractivity contribution in [2.24, 2.45) is 5.92 Å². The number of rotatable bonds is 5. The molecule has 2 fully saturated rings. The summed E-state index contributed by atoms with van der Waals surface area (Å²) in [6.07, 6.45) is 5.18. The number of carbonyl (C=O) groups is 2. The van der Waals surface area contributed by atoms with Crippen molar-refractivity contribution in [3.05, 3.63) is 82.9 Å². The summed E-state index contributed by atoms with van der Waals surface area (Å²) < 4.78 is 17.2. The molecule has 214 valence electrons. The zero-order valence-corrected chi connectivity index (χ0v) is 23.6. The van der Waals surface area contributed by atoms with Crippen LogP contribution in [-0.4, -0.2) is 59.6 Å². The molecule has 0 radical (unpaired) electrons. The first-order chi connectivity index (χ1) is 19.9. The number of piperidine rings is 1. The lowest BCUT2D eigenvalue weighted by Crippen LogP contribution is -2.42. The van der Waals surface area contributed by atoms with Gasteiger partial charge in [0, 0.05) is 49.6 Å². The highest BCUT2D eigenvalue weighted by Gasteiger charge is 2.33. The Balaban J connectivity index is 0.000000251. The van der Waals surface area contributed by atoms with Crippen molar-refractivity contribution < 1.29 is 18.7 Å². The fraction of sp³-hybridized carbons (Fsp3) is 0.367. The number of likely N-dealkylation sites (tertiary alicyclic amines) is 1. The quantitative estimate of drug-likeness (QED) is 0.444. The molecule has 2 aliphatic heterocycles. The molecule has 1 N–H and O–H groups in total. The van der Waals surface area contributed by atoms with Gasteiger partial charge in [0.25, 0.3) is 0 Å². The molecular formula is C30H32ClFN6O3. The molecule has 1 atom stereocenters. The molecule has 3 aromatic rings. The van der Waals surface area contributed by atoms with Crippen LogP contribution in [0.1, 0.15) is 43.2 Å². The molecule has 0 aliphatic carbocycles. The van der Waals surface area contributed by atoms with Crippen LogP contribution >= 0.6 is 11.6 Å². The molecule has 0 bridgehead atoms. The van der Waals surface area contributed by atoms with Crippen LogP contribution in [0, 0.1) is 23.1 Å². The van der Waals surface area contributed by atoms with Gasteiger partial charge in [-0.15, -0.1) is 0 Å². The van der Waals surface area contributed by atoms with Crippen molar-refractivity contribution in [1.29, 1.82) is 5.26 Å². The summed E-state index contributed by atoms with van der Waals surface area (Å²) in [5.74, 6) is 1.34. The third-order valence-corrected chi connectivity index (χ3v) is 7.33. The molecule has 3 heterocycles. The summed E-state index contributed by atoms with van der Waals surface area (Å²) in [6, 6.07) is 15.2. The van der Waals surface area contributed by atoms with Crippen LogP contribution in [0.3, 0.4) is 0 Å². The smallest absolute Gasteiger partial charge is 0.410 e. The molecule has 9 nitrogen and oxygen atoms in total. The maximum Gasteiger partial charge on any atom is 0.412 e. The topological polar surface area (TPSA) is 111 Å². The van der Waals surface area contributed by atoms with Crippen molar-refractivity contribution in [2.45, 2.75) is 32.1 Å². The fourth-order valence-electron chi connectivity index (χ4n) is 4.88. The zero-order valence-electron chi connectivity index (χ0n) is 22.8. The normalized spacial score (nSPS) is 16.8. The van der Waals surface area contributed by atoms with E-state index in [0.717, 1.165) is 50.5 Å². The molecule has 5 rings (SSSR count). The molecule has 11 heteroatoms. The Bertz CT molecular complexity index is 1340. The highest BCUT2D eigenvalue weighted by molar-refractivity contribution is 6.30. The third kappa shape index (κ3) is 8.38. The van der Waals surface area contributed by atoms with Crippen molar-refractivity contribution >= 4 is 29.5 Å². The zero-order chi connectivity index (χ0) is 29.2. The number of carbonyl (C=O) groups excluding carboxylic acids is 2. The van der Waals surface area contributed by atoms with E-state index in [4.69, 9.17) is 21.6 Å². The second-order valence-corrected chi connectivity index (χ2v) is 10.3. The number of hydrogen-bond acceptors (Lipinski definition) is 7. The molecule has 0 unspecified atom stereocenters. The van der Waals surface area contributed by atoms with E-state index in [0.29, 0.717) is 29.7 Å². The minimum absolute atomic E-state index is 0.0681. The minimum atomic E-state index is -0.533. The van der Waals surface area contributed by atoms with E-state index in [1.165, 1.54) is 29.8 Å². The Kier molecular flexibility index (Phi) is 10.5. The maximum absolute atomic E-state index is 13.0. The average Bonchev–Trinajstić information content (AvgIpc) is 3.49. The summed E-state index contributed by atoms with van der Waals surface area (Å²) >= 11 is 5.98. The van der Waals surface area contributed by atoms with Crippen LogP contribution < -0.4 is 15.0 Å². The van der Waals surface area contributed by atoms with E-state index >= 15 is 0 Å². The second kappa shape index (κ2) is 14.4. The molecule has 2 amide bonds. The van der Waals surface area contributed by atoms with Crippen LogP contribution in [0.15, 0.2) is 60.9 Å². The number of hydrogen-bond donors (Lipinski definition) is 1. The van der Waals surface area contributed by atoms with Crippen molar-refractivity contribution in [3.8, 4) is 11.8 Å². The van der Waals surface area contributed by atoms with Crippen LogP contribution in [0.25, 0.3) is 0 Å². The Morgan fingerprint density at radius 3 is 2.32 bits per heavy atom. The molecule has 2 saturated heterocycles. The predicted octanol–water partition coefficient (Wildman–Crippen LogP) is 5.17. The average molecular weight is 579 g/mol.